The Morgan fingerprint density at radius 2 is 2.47 bits per heavy atom. The number of rotatable bonds is 4. The molecule has 5 nitrogen and oxygen atoms in total. The molecular formula is C11H17FN4O. The van der Waals surface area contributed by atoms with Crippen molar-refractivity contribution in [3.05, 3.63) is 12.0 Å². The summed E-state index contributed by atoms with van der Waals surface area (Å²) < 4.78 is 18.9. The van der Waals surface area contributed by atoms with Crippen LogP contribution < -0.4 is 10.2 Å². The van der Waals surface area contributed by atoms with Crippen LogP contribution in [0.3, 0.4) is 0 Å². The molecule has 1 aliphatic rings. The van der Waals surface area contributed by atoms with Crippen LogP contribution in [0.25, 0.3) is 0 Å². The maximum atomic E-state index is 13.7. The quantitative estimate of drug-likeness (QED) is 0.859. The predicted octanol–water partition coefficient (Wildman–Crippen LogP) is 1.27. The predicted molar refractivity (Wildman–Crippen MR) is 63.8 cm³/mol. The molecule has 1 saturated heterocycles. The van der Waals surface area contributed by atoms with Crippen molar-refractivity contribution in [1.82, 2.24) is 9.97 Å². The molecule has 1 unspecified atom stereocenters. The van der Waals surface area contributed by atoms with E-state index < -0.39 is 0 Å². The van der Waals surface area contributed by atoms with Gasteiger partial charge in [-0.05, 0) is 13.3 Å². The summed E-state index contributed by atoms with van der Waals surface area (Å²) in [5, 5.41) is 2.98. The van der Waals surface area contributed by atoms with Crippen LogP contribution in [0, 0.1) is 5.82 Å². The second kappa shape index (κ2) is 5.27. The van der Waals surface area contributed by atoms with E-state index in [0.717, 1.165) is 13.0 Å². The molecule has 1 aliphatic heterocycles. The van der Waals surface area contributed by atoms with Crippen LogP contribution in [-0.2, 0) is 4.74 Å². The Morgan fingerprint density at radius 1 is 1.65 bits per heavy atom. The van der Waals surface area contributed by atoms with Crippen LogP contribution in [0.1, 0.15) is 13.3 Å². The highest BCUT2D eigenvalue weighted by Crippen LogP contribution is 2.23. The summed E-state index contributed by atoms with van der Waals surface area (Å²) in [6.07, 6.45) is 2.27. The number of hydrogen-bond acceptors (Lipinski definition) is 5. The third-order valence-corrected chi connectivity index (χ3v) is 2.84. The second-order valence-corrected chi connectivity index (χ2v) is 3.99. The van der Waals surface area contributed by atoms with E-state index in [0.29, 0.717) is 24.9 Å². The number of methoxy groups -OCH3 is 1. The molecule has 0 bridgehead atoms. The Labute approximate surface area is 100 Å². The zero-order valence-electron chi connectivity index (χ0n) is 10.1. The third-order valence-electron chi connectivity index (χ3n) is 2.84. The molecule has 1 N–H and O–H groups in total. The number of hydrogen-bond donors (Lipinski definition) is 1. The average Bonchev–Trinajstić information content (AvgIpc) is 2.80. The first-order chi connectivity index (χ1) is 8.24. The average molecular weight is 240 g/mol. The summed E-state index contributed by atoms with van der Waals surface area (Å²) in [6.45, 7) is 4.10. The van der Waals surface area contributed by atoms with Crippen LogP contribution in [0.4, 0.5) is 16.2 Å². The first-order valence-corrected chi connectivity index (χ1v) is 5.78. The van der Waals surface area contributed by atoms with Crippen molar-refractivity contribution in [1.29, 1.82) is 0 Å². The molecule has 0 radical (unpaired) electrons. The molecule has 0 spiro atoms. The topological polar surface area (TPSA) is 50.3 Å². The zero-order chi connectivity index (χ0) is 12.3. The molecule has 0 aliphatic carbocycles. The number of nitrogens with one attached hydrogen (secondary N) is 1. The molecule has 0 saturated carbocycles. The van der Waals surface area contributed by atoms with Crippen molar-refractivity contribution >= 4 is 11.8 Å². The molecule has 0 amide bonds. The molecule has 2 heterocycles. The second-order valence-electron chi connectivity index (χ2n) is 3.99. The Kier molecular flexibility index (Phi) is 3.73. The Hall–Kier alpha value is -1.43. The van der Waals surface area contributed by atoms with Gasteiger partial charge >= 0.3 is 0 Å². The van der Waals surface area contributed by atoms with Gasteiger partial charge in [0.1, 0.15) is 0 Å². The minimum absolute atomic E-state index is 0.159. The lowest BCUT2D eigenvalue weighted by atomic mass is 10.3. The minimum atomic E-state index is -0.386. The van der Waals surface area contributed by atoms with Crippen LogP contribution in [0.15, 0.2) is 6.20 Å². The Balaban J connectivity index is 2.16. The van der Waals surface area contributed by atoms with E-state index >= 15 is 0 Å². The van der Waals surface area contributed by atoms with E-state index in [4.69, 9.17) is 4.74 Å². The fraction of sp³-hybridized carbons (Fsp3) is 0.636. The summed E-state index contributed by atoms with van der Waals surface area (Å²) in [5.41, 5.74) is 0. The summed E-state index contributed by atoms with van der Waals surface area (Å²) >= 11 is 0. The largest absolute Gasteiger partial charge is 0.380 e. The zero-order valence-corrected chi connectivity index (χ0v) is 10.1. The number of nitrogens with zero attached hydrogens (tertiary/aromatic N) is 3. The van der Waals surface area contributed by atoms with Crippen LogP contribution in [-0.4, -0.2) is 42.8 Å². The number of anilines is 2. The van der Waals surface area contributed by atoms with E-state index in [1.54, 1.807) is 7.11 Å². The summed E-state index contributed by atoms with van der Waals surface area (Å²) in [5.74, 6) is 0.434. The molecule has 94 valence electrons. The highest BCUT2D eigenvalue weighted by molar-refractivity contribution is 5.45. The van der Waals surface area contributed by atoms with Crippen molar-refractivity contribution in [2.24, 2.45) is 0 Å². The molecule has 1 aromatic heterocycles. The van der Waals surface area contributed by atoms with E-state index in [1.807, 2.05) is 11.8 Å². The van der Waals surface area contributed by atoms with Crippen molar-refractivity contribution in [2.45, 2.75) is 19.4 Å². The van der Waals surface area contributed by atoms with Gasteiger partial charge in [0.2, 0.25) is 5.95 Å². The number of aromatic nitrogens is 2. The lowest BCUT2D eigenvalue weighted by Gasteiger charge is -2.18. The van der Waals surface area contributed by atoms with Gasteiger partial charge in [-0.15, -0.1) is 0 Å². The maximum absolute atomic E-state index is 13.7. The van der Waals surface area contributed by atoms with Crippen LogP contribution >= 0.6 is 0 Å². The van der Waals surface area contributed by atoms with Crippen molar-refractivity contribution < 1.29 is 9.13 Å². The maximum Gasteiger partial charge on any atom is 0.224 e. The molecule has 1 fully saturated rings. The van der Waals surface area contributed by atoms with Gasteiger partial charge in [-0.2, -0.15) is 4.98 Å². The SMILES string of the molecule is CCNc1ncc(F)c(N2CCC(OC)C2)n1. The number of halogens is 1. The van der Waals surface area contributed by atoms with Crippen LogP contribution in [0.5, 0.6) is 0 Å². The fourth-order valence-electron chi connectivity index (χ4n) is 1.94. The van der Waals surface area contributed by atoms with Gasteiger partial charge in [0.25, 0.3) is 0 Å². The van der Waals surface area contributed by atoms with E-state index in [2.05, 4.69) is 15.3 Å². The number of ether oxygens (including phenoxy) is 1. The van der Waals surface area contributed by atoms with Gasteiger partial charge in [-0.3, -0.25) is 0 Å². The Bertz CT molecular complexity index is 388. The normalized spacial score (nSPS) is 19.7. The van der Waals surface area contributed by atoms with Crippen LogP contribution in [0.2, 0.25) is 0 Å². The summed E-state index contributed by atoms with van der Waals surface area (Å²) in [7, 11) is 1.68. The van der Waals surface area contributed by atoms with Gasteiger partial charge in [0.05, 0.1) is 12.3 Å². The van der Waals surface area contributed by atoms with Crippen molar-refractivity contribution in [2.75, 3.05) is 37.0 Å². The molecular weight excluding hydrogens is 223 g/mol. The monoisotopic (exact) mass is 240 g/mol. The lowest BCUT2D eigenvalue weighted by Crippen LogP contribution is -2.24. The molecule has 2 rings (SSSR count). The van der Waals surface area contributed by atoms with E-state index in [1.165, 1.54) is 6.20 Å². The van der Waals surface area contributed by atoms with Gasteiger partial charge in [0, 0.05) is 26.7 Å². The third kappa shape index (κ3) is 2.63. The van der Waals surface area contributed by atoms with E-state index in [9.17, 15) is 4.39 Å². The van der Waals surface area contributed by atoms with Gasteiger partial charge in [-0.25, -0.2) is 9.37 Å². The Morgan fingerprint density at radius 3 is 3.12 bits per heavy atom. The van der Waals surface area contributed by atoms with E-state index in [-0.39, 0.29) is 11.9 Å². The molecule has 6 heteroatoms. The first-order valence-electron chi connectivity index (χ1n) is 5.78. The van der Waals surface area contributed by atoms with Crippen molar-refractivity contribution in [3.63, 3.8) is 0 Å². The molecule has 0 aromatic carbocycles. The fourth-order valence-corrected chi connectivity index (χ4v) is 1.94. The highest BCUT2D eigenvalue weighted by atomic mass is 19.1. The van der Waals surface area contributed by atoms with Gasteiger partial charge in [0.15, 0.2) is 11.6 Å². The molecule has 1 aromatic rings. The summed E-state index contributed by atoms with van der Waals surface area (Å²) in [6, 6.07) is 0. The standard InChI is InChI=1S/C11H17FN4O/c1-3-13-11-14-6-9(12)10(15-11)16-5-4-8(7-16)17-2/h6,8H,3-5,7H2,1-2H3,(H,13,14,15). The molecule has 1 atom stereocenters. The van der Waals surface area contributed by atoms with Crippen molar-refractivity contribution in [3.8, 4) is 0 Å². The lowest BCUT2D eigenvalue weighted by molar-refractivity contribution is 0.121. The highest BCUT2D eigenvalue weighted by Gasteiger charge is 2.25. The summed E-state index contributed by atoms with van der Waals surface area (Å²) in [4.78, 5) is 9.96. The molecule has 17 heavy (non-hydrogen) atoms. The van der Waals surface area contributed by atoms with Gasteiger partial charge in [-0.1, -0.05) is 0 Å². The minimum Gasteiger partial charge on any atom is -0.380 e. The smallest absolute Gasteiger partial charge is 0.224 e. The first kappa shape index (κ1) is 12.0. The van der Waals surface area contributed by atoms with Gasteiger partial charge < -0.3 is 15.0 Å².